The standard InChI is InChI=1S/C16H30N2O4.Li/c1-3-4-5-6-7-9-15(20)17-10-12-18(11-8-13-19)14(2)16(21)22;/h5-6,14,19H,3-4,7-13H2,1-2H3,(H,17,20)(H,21,22);/q;+1/p-1/b6-5+;. The molecule has 0 aromatic rings. The maximum absolute atomic E-state index is 11.6. The number of nitrogens with zero attached hydrogens (tertiary/aromatic N) is 2. The van der Waals surface area contributed by atoms with Crippen molar-refractivity contribution in [2.24, 2.45) is 4.99 Å². The van der Waals surface area contributed by atoms with Gasteiger partial charge in [-0.3, -0.25) is 9.69 Å². The second-order valence-electron chi connectivity index (χ2n) is 5.20. The van der Waals surface area contributed by atoms with Crippen LogP contribution in [0.1, 0.15) is 46.0 Å². The number of carbonyl (C=O) groups is 1. The molecule has 0 heterocycles. The Hall–Kier alpha value is -0.803. The van der Waals surface area contributed by atoms with Gasteiger partial charge < -0.3 is 20.3 Å². The Kier molecular flexibility index (Phi) is 17.1. The summed E-state index contributed by atoms with van der Waals surface area (Å²) in [6.45, 7) is 4.90. The Morgan fingerprint density at radius 3 is 2.52 bits per heavy atom. The third kappa shape index (κ3) is 13.3. The molecule has 1 atom stereocenters. The van der Waals surface area contributed by atoms with Crippen molar-refractivity contribution in [2.45, 2.75) is 52.0 Å². The van der Waals surface area contributed by atoms with E-state index in [2.05, 4.69) is 18.0 Å². The minimum atomic E-state index is -0.912. The number of rotatable bonds is 13. The van der Waals surface area contributed by atoms with Crippen molar-refractivity contribution in [3.8, 4) is 0 Å². The Morgan fingerprint density at radius 1 is 1.30 bits per heavy atom. The molecule has 0 aromatic carbocycles. The molecule has 0 bridgehead atoms. The molecule has 0 radical (unpaired) electrons. The molecule has 0 rings (SSSR count). The van der Waals surface area contributed by atoms with Crippen LogP contribution in [0.4, 0.5) is 0 Å². The zero-order chi connectivity index (χ0) is 16.8. The van der Waals surface area contributed by atoms with Crippen molar-refractivity contribution >= 4 is 11.9 Å². The number of carboxylic acid groups (broad SMARTS) is 1. The molecule has 6 nitrogen and oxygen atoms in total. The van der Waals surface area contributed by atoms with E-state index in [0.717, 1.165) is 12.8 Å². The summed E-state index contributed by atoms with van der Waals surface area (Å²) in [6.07, 6.45) is 7.79. The molecule has 0 fully saturated rings. The Morgan fingerprint density at radius 2 is 1.96 bits per heavy atom. The van der Waals surface area contributed by atoms with E-state index < -0.39 is 12.0 Å². The molecule has 0 aliphatic rings. The first kappa shape index (κ1) is 24.4. The van der Waals surface area contributed by atoms with Crippen LogP contribution in [0.3, 0.4) is 0 Å². The van der Waals surface area contributed by atoms with Crippen molar-refractivity contribution in [2.75, 3.05) is 26.2 Å². The van der Waals surface area contributed by atoms with Crippen LogP contribution in [-0.4, -0.2) is 59.3 Å². The maximum atomic E-state index is 11.6. The summed E-state index contributed by atoms with van der Waals surface area (Å²) in [7, 11) is 0. The number of unbranched alkanes of at least 4 members (excludes halogenated alkanes) is 1. The molecular formula is C16H29LiN2O4. The quantitative estimate of drug-likeness (QED) is 0.178. The van der Waals surface area contributed by atoms with Gasteiger partial charge in [-0.05, 0) is 38.5 Å². The van der Waals surface area contributed by atoms with Gasteiger partial charge in [0, 0.05) is 19.7 Å². The van der Waals surface area contributed by atoms with E-state index in [1.807, 2.05) is 6.08 Å². The normalized spacial score (nSPS) is 13.3. The molecule has 2 N–H and O–H groups in total. The third-order valence-corrected chi connectivity index (χ3v) is 3.33. The second kappa shape index (κ2) is 16.1. The van der Waals surface area contributed by atoms with Gasteiger partial charge in [0.25, 0.3) is 0 Å². The first-order chi connectivity index (χ1) is 10.5. The van der Waals surface area contributed by atoms with Crippen LogP contribution in [0.2, 0.25) is 0 Å². The van der Waals surface area contributed by atoms with Gasteiger partial charge in [-0.1, -0.05) is 25.5 Å². The number of aliphatic carboxylic acids is 1. The fraction of sp³-hybridized carbons (Fsp3) is 0.750. The molecule has 0 spiro atoms. The molecule has 0 aliphatic heterocycles. The summed E-state index contributed by atoms with van der Waals surface area (Å²) in [5.41, 5.74) is 0. The van der Waals surface area contributed by atoms with Crippen molar-refractivity contribution < 1.29 is 39.0 Å². The van der Waals surface area contributed by atoms with Gasteiger partial charge in [0.1, 0.15) is 6.04 Å². The number of aliphatic hydroxyl groups excluding tert-OH is 1. The summed E-state index contributed by atoms with van der Waals surface area (Å²) >= 11 is 0. The van der Waals surface area contributed by atoms with Crippen LogP contribution in [0.25, 0.3) is 0 Å². The van der Waals surface area contributed by atoms with Crippen LogP contribution < -0.4 is 24.0 Å². The van der Waals surface area contributed by atoms with E-state index in [1.54, 1.807) is 11.8 Å². The zero-order valence-electron chi connectivity index (χ0n) is 14.7. The smallest absolute Gasteiger partial charge is 0.862 e. The molecule has 0 aliphatic carbocycles. The Balaban J connectivity index is 0. The van der Waals surface area contributed by atoms with Gasteiger partial charge >= 0.3 is 24.8 Å². The van der Waals surface area contributed by atoms with Crippen molar-refractivity contribution in [3.63, 3.8) is 0 Å². The van der Waals surface area contributed by atoms with Gasteiger partial charge in [-0.25, -0.2) is 0 Å². The molecule has 128 valence electrons. The molecule has 7 heteroatoms. The van der Waals surface area contributed by atoms with Gasteiger partial charge in [-0.15, -0.1) is 0 Å². The fourth-order valence-corrected chi connectivity index (χ4v) is 1.92. The second-order valence-corrected chi connectivity index (χ2v) is 5.20. The molecular weight excluding hydrogens is 291 g/mol. The zero-order valence-corrected chi connectivity index (χ0v) is 14.7. The third-order valence-electron chi connectivity index (χ3n) is 3.33. The average Bonchev–Trinajstić information content (AvgIpc) is 2.49. The fourth-order valence-electron chi connectivity index (χ4n) is 1.92. The predicted octanol–water partition coefficient (Wildman–Crippen LogP) is -1.96. The molecule has 0 saturated heterocycles. The number of aliphatic imine (C=N–C) groups is 1. The van der Waals surface area contributed by atoms with E-state index >= 15 is 0 Å². The predicted molar refractivity (Wildman–Crippen MR) is 86.0 cm³/mol. The van der Waals surface area contributed by atoms with E-state index in [1.165, 1.54) is 0 Å². The van der Waals surface area contributed by atoms with Crippen molar-refractivity contribution in [1.29, 1.82) is 0 Å². The van der Waals surface area contributed by atoms with Gasteiger partial charge in [0.2, 0.25) is 0 Å². The number of hydrogen-bond donors (Lipinski definition) is 2. The summed E-state index contributed by atoms with van der Waals surface area (Å²) in [5, 5.41) is 29.5. The molecule has 23 heavy (non-hydrogen) atoms. The molecule has 0 aromatic heterocycles. The number of hydrogen-bond acceptors (Lipinski definition) is 5. The van der Waals surface area contributed by atoms with Crippen LogP contribution >= 0.6 is 0 Å². The van der Waals surface area contributed by atoms with Gasteiger partial charge in [0.05, 0.1) is 6.54 Å². The summed E-state index contributed by atoms with van der Waals surface area (Å²) in [6, 6.07) is -0.645. The van der Waals surface area contributed by atoms with Gasteiger partial charge in [0.15, 0.2) is 0 Å². The van der Waals surface area contributed by atoms with Crippen LogP contribution in [-0.2, 0) is 4.79 Å². The van der Waals surface area contributed by atoms with E-state index in [4.69, 9.17) is 10.2 Å². The Labute approximate surface area is 151 Å². The number of allylic oxidation sites excluding steroid dienone is 2. The largest absolute Gasteiger partial charge is 1.00 e. The first-order valence-electron chi connectivity index (χ1n) is 7.96. The summed E-state index contributed by atoms with van der Waals surface area (Å²) < 4.78 is 0. The average molecular weight is 320 g/mol. The van der Waals surface area contributed by atoms with Gasteiger partial charge in [-0.2, -0.15) is 0 Å². The topological polar surface area (TPSA) is 96.2 Å². The Bertz CT molecular complexity index is 362. The molecule has 0 amide bonds. The van der Waals surface area contributed by atoms with E-state index in [9.17, 15) is 9.90 Å². The molecule has 1 unspecified atom stereocenters. The molecule has 0 saturated carbocycles. The minimum Gasteiger partial charge on any atom is -0.862 e. The van der Waals surface area contributed by atoms with Crippen LogP contribution in [0, 0.1) is 0 Å². The monoisotopic (exact) mass is 320 g/mol. The van der Waals surface area contributed by atoms with E-state index in [-0.39, 0.29) is 31.4 Å². The van der Waals surface area contributed by atoms with Crippen LogP contribution in [0.5, 0.6) is 0 Å². The summed E-state index contributed by atoms with van der Waals surface area (Å²) in [4.78, 5) is 16.7. The number of aliphatic hydroxyl groups is 1. The number of carboxylic acids is 1. The van der Waals surface area contributed by atoms with Crippen molar-refractivity contribution in [1.82, 2.24) is 4.90 Å². The van der Waals surface area contributed by atoms with E-state index in [0.29, 0.717) is 38.9 Å². The van der Waals surface area contributed by atoms with Crippen molar-refractivity contribution in [3.05, 3.63) is 12.2 Å². The maximum Gasteiger partial charge on any atom is 1.00 e. The van der Waals surface area contributed by atoms with Crippen LogP contribution in [0.15, 0.2) is 17.1 Å². The minimum absolute atomic E-state index is 0. The first-order valence-corrected chi connectivity index (χ1v) is 7.96. The SMILES string of the molecule is CCC/C=C/CCC([O-])=NCCN(CCCO)C(C)C(=O)O.[Li+]. The summed E-state index contributed by atoms with van der Waals surface area (Å²) in [5.74, 6) is -1.06.